The van der Waals surface area contributed by atoms with Crippen molar-refractivity contribution in [2.24, 2.45) is 0 Å². The Bertz CT molecular complexity index is 1020. The van der Waals surface area contributed by atoms with Gasteiger partial charge in [0.2, 0.25) is 5.91 Å². The molecular weight excluding hydrogens is 364 g/mol. The first kappa shape index (κ1) is 20.3. The summed E-state index contributed by atoms with van der Waals surface area (Å²) in [5.74, 6) is -0.559. The molecule has 0 saturated carbocycles. The molecule has 0 spiro atoms. The fraction of sp³-hybridized carbons (Fsp3) is 0.261. The van der Waals surface area contributed by atoms with E-state index < -0.39 is 0 Å². The van der Waals surface area contributed by atoms with E-state index in [1.54, 1.807) is 10.9 Å². The van der Waals surface area contributed by atoms with Crippen LogP contribution in [0.15, 0.2) is 54.7 Å². The number of para-hydroxylation sites is 1. The van der Waals surface area contributed by atoms with Crippen molar-refractivity contribution in [3.8, 4) is 16.9 Å². The van der Waals surface area contributed by atoms with Crippen LogP contribution in [0.25, 0.3) is 16.9 Å². The average molecular weight is 390 g/mol. The molecule has 3 aromatic rings. The minimum absolute atomic E-state index is 0.0197. The lowest BCUT2D eigenvalue weighted by Crippen LogP contribution is -2.39. The standard InChI is InChI=1S/C23H26N4O2/c1-15(2)25-21(28)13-24-23(29)20-14-27(19-8-6-5-7-9-19)26-22(20)18-11-10-16(3)17(4)12-18/h5-12,14-15H,13H2,1-4H3,(H,24,29)(H,25,28). The van der Waals surface area contributed by atoms with Crippen molar-refractivity contribution in [3.05, 3.63) is 71.4 Å². The number of carbonyl (C=O) groups is 2. The number of benzene rings is 2. The minimum Gasteiger partial charge on any atom is -0.352 e. The second-order valence-corrected chi connectivity index (χ2v) is 7.38. The molecule has 1 aromatic heterocycles. The Labute approximate surface area is 170 Å². The van der Waals surface area contributed by atoms with E-state index in [9.17, 15) is 9.59 Å². The Morgan fingerprint density at radius 1 is 1.03 bits per heavy atom. The first-order valence-corrected chi connectivity index (χ1v) is 9.65. The van der Waals surface area contributed by atoms with Gasteiger partial charge >= 0.3 is 0 Å². The van der Waals surface area contributed by atoms with E-state index >= 15 is 0 Å². The highest BCUT2D eigenvalue weighted by molar-refractivity contribution is 6.01. The zero-order valence-electron chi connectivity index (χ0n) is 17.2. The highest BCUT2D eigenvalue weighted by Crippen LogP contribution is 2.25. The van der Waals surface area contributed by atoms with Gasteiger partial charge in [-0.1, -0.05) is 30.3 Å². The van der Waals surface area contributed by atoms with E-state index in [0.717, 1.165) is 16.8 Å². The van der Waals surface area contributed by atoms with Crippen molar-refractivity contribution in [3.63, 3.8) is 0 Å². The molecule has 0 saturated heterocycles. The van der Waals surface area contributed by atoms with Gasteiger partial charge in [-0.2, -0.15) is 5.10 Å². The maximum atomic E-state index is 12.9. The zero-order valence-corrected chi connectivity index (χ0v) is 17.2. The van der Waals surface area contributed by atoms with E-state index in [2.05, 4.69) is 15.7 Å². The number of hydrogen-bond donors (Lipinski definition) is 2. The maximum absolute atomic E-state index is 12.9. The summed E-state index contributed by atoms with van der Waals surface area (Å²) in [6.45, 7) is 7.74. The first-order chi connectivity index (χ1) is 13.8. The van der Waals surface area contributed by atoms with Gasteiger partial charge in [0.25, 0.3) is 5.91 Å². The molecule has 2 N–H and O–H groups in total. The van der Waals surface area contributed by atoms with Crippen molar-refractivity contribution >= 4 is 11.8 Å². The monoisotopic (exact) mass is 390 g/mol. The Morgan fingerprint density at radius 3 is 2.41 bits per heavy atom. The summed E-state index contributed by atoms with van der Waals surface area (Å²) in [5.41, 5.74) is 5.02. The van der Waals surface area contributed by atoms with Gasteiger partial charge in [0, 0.05) is 17.8 Å². The fourth-order valence-corrected chi connectivity index (χ4v) is 2.98. The number of carbonyl (C=O) groups excluding carboxylic acids is 2. The van der Waals surface area contributed by atoms with Crippen LogP contribution >= 0.6 is 0 Å². The second kappa shape index (κ2) is 8.73. The summed E-state index contributed by atoms with van der Waals surface area (Å²) in [6, 6.07) is 15.6. The number of aryl methyl sites for hydroxylation is 2. The molecule has 2 aromatic carbocycles. The van der Waals surface area contributed by atoms with Gasteiger partial charge in [-0.3, -0.25) is 9.59 Å². The third-order valence-corrected chi connectivity index (χ3v) is 4.62. The van der Waals surface area contributed by atoms with Crippen molar-refractivity contribution in [1.29, 1.82) is 0 Å². The first-order valence-electron chi connectivity index (χ1n) is 9.65. The van der Waals surface area contributed by atoms with Crippen LogP contribution in [-0.2, 0) is 4.79 Å². The topological polar surface area (TPSA) is 76.0 Å². The van der Waals surface area contributed by atoms with Crippen LogP contribution in [-0.4, -0.2) is 34.2 Å². The third kappa shape index (κ3) is 4.90. The van der Waals surface area contributed by atoms with Crippen molar-refractivity contribution < 1.29 is 9.59 Å². The number of nitrogens with one attached hydrogen (secondary N) is 2. The van der Waals surface area contributed by atoms with Crippen LogP contribution in [0, 0.1) is 13.8 Å². The predicted octanol–water partition coefficient (Wildman–Crippen LogP) is 3.41. The van der Waals surface area contributed by atoms with E-state index in [-0.39, 0.29) is 24.4 Å². The number of rotatable bonds is 6. The molecule has 2 amide bonds. The van der Waals surface area contributed by atoms with Crippen LogP contribution in [0.1, 0.15) is 35.3 Å². The van der Waals surface area contributed by atoms with Crippen LogP contribution < -0.4 is 10.6 Å². The number of amides is 2. The summed E-state index contributed by atoms with van der Waals surface area (Å²) in [6.07, 6.45) is 1.70. The molecule has 0 unspecified atom stereocenters. The highest BCUT2D eigenvalue weighted by atomic mass is 16.2. The Balaban J connectivity index is 1.95. The van der Waals surface area contributed by atoms with Gasteiger partial charge in [-0.05, 0) is 57.0 Å². The maximum Gasteiger partial charge on any atom is 0.255 e. The quantitative estimate of drug-likeness (QED) is 0.677. The fourth-order valence-electron chi connectivity index (χ4n) is 2.98. The molecule has 0 aliphatic carbocycles. The van der Waals surface area contributed by atoms with E-state index in [1.165, 1.54) is 5.56 Å². The van der Waals surface area contributed by atoms with Gasteiger partial charge in [-0.15, -0.1) is 0 Å². The molecule has 6 heteroatoms. The number of nitrogens with zero attached hydrogens (tertiary/aromatic N) is 2. The lowest BCUT2D eigenvalue weighted by molar-refractivity contribution is -0.120. The normalized spacial score (nSPS) is 10.8. The van der Waals surface area contributed by atoms with Crippen LogP contribution in [0.5, 0.6) is 0 Å². The van der Waals surface area contributed by atoms with Crippen molar-refractivity contribution in [2.75, 3.05) is 6.54 Å². The summed E-state index contributed by atoms with van der Waals surface area (Å²) >= 11 is 0. The van der Waals surface area contributed by atoms with Crippen molar-refractivity contribution in [2.45, 2.75) is 33.7 Å². The summed E-state index contributed by atoms with van der Waals surface area (Å²) < 4.78 is 1.69. The molecule has 3 rings (SSSR count). The molecule has 0 fully saturated rings. The Morgan fingerprint density at radius 2 is 1.76 bits per heavy atom. The molecule has 0 bridgehead atoms. The molecule has 0 radical (unpaired) electrons. The largest absolute Gasteiger partial charge is 0.352 e. The third-order valence-electron chi connectivity index (χ3n) is 4.62. The average Bonchev–Trinajstić information content (AvgIpc) is 3.14. The lowest BCUT2D eigenvalue weighted by Gasteiger charge is -2.09. The lowest BCUT2D eigenvalue weighted by atomic mass is 10.0. The molecule has 0 atom stereocenters. The molecule has 29 heavy (non-hydrogen) atoms. The van der Waals surface area contributed by atoms with Crippen molar-refractivity contribution in [1.82, 2.24) is 20.4 Å². The molecule has 6 nitrogen and oxygen atoms in total. The van der Waals surface area contributed by atoms with Gasteiger partial charge in [0.05, 0.1) is 17.8 Å². The van der Waals surface area contributed by atoms with Gasteiger partial charge in [0.15, 0.2) is 0 Å². The molecule has 1 heterocycles. The smallest absolute Gasteiger partial charge is 0.255 e. The molecule has 150 valence electrons. The summed E-state index contributed by atoms with van der Waals surface area (Å²) in [5, 5.41) is 10.1. The van der Waals surface area contributed by atoms with Gasteiger partial charge < -0.3 is 10.6 Å². The molecule has 0 aliphatic rings. The van der Waals surface area contributed by atoms with Crippen LogP contribution in [0.3, 0.4) is 0 Å². The number of hydrogen-bond acceptors (Lipinski definition) is 3. The van der Waals surface area contributed by atoms with Gasteiger partial charge in [-0.25, -0.2) is 4.68 Å². The predicted molar refractivity (Wildman–Crippen MR) is 114 cm³/mol. The second-order valence-electron chi connectivity index (χ2n) is 7.38. The van der Waals surface area contributed by atoms with Crippen LogP contribution in [0.4, 0.5) is 0 Å². The zero-order chi connectivity index (χ0) is 21.0. The van der Waals surface area contributed by atoms with E-state index in [0.29, 0.717) is 11.3 Å². The molecular formula is C23H26N4O2. The van der Waals surface area contributed by atoms with Crippen LogP contribution in [0.2, 0.25) is 0 Å². The summed E-state index contributed by atoms with van der Waals surface area (Å²) in [4.78, 5) is 24.8. The van der Waals surface area contributed by atoms with E-state index in [4.69, 9.17) is 0 Å². The Hall–Kier alpha value is -3.41. The minimum atomic E-state index is -0.334. The van der Waals surface area contributed by atoms with E-state index in [1.807, 2.05) is 76.2 Å². The number of aromatic nitrogens is 2. The summed E-state index contributed by atoms with van der Waals surface area (Å²) in [7, 11) is 0. The highest BCUT2D eigenvalue weighted by Gasteiger charge is 2.19. The molecule has 0 aliphatic heterocycles. The Kier molecular flexibility index (Phi) is 6.12. The van der Waals surface area contributed by atoms with Gasteiger partial charge in [0.1, 0.15) is 5.69 Å². The SMILES string of the molecule is Cc1ccc(-c2nn(-c3ccccc3)cc2C(=O)NCC(=O)NC(C)C)cc1C.